The Labute approximate surface area is 301 Å². The molecular weight excluding hydrogens is 644 g/mol. The van der Waals surface area contributed by atoms with Gasteiger partial charge in [-0.15, -0.1) is 0 Å². The van der Waals surface area contributed by atoms with Crippen molar-refractivity contribution < 1.29 is 21.9 Å². The summed E-state index contributed by atoms with van der Waals surface area (Å²) in [5.74, 6) is 2.32. The maximum Gasteiger partial charge on any atom is 0.410 e. The van der Waals surface area contributed by atoms with Gasteiger partial charge in [-0.3, -0.25) is 9.80 Å². The first-order chi connectivity index (χ1) is 24.8. The number of benzene rings is 2. The van der Waals surface area contributed by atoms with Crippen LogP contribution in [0.25, 0.3) is 33.9 Å². The van der Waals surface area contributed by atoms with Crippen LogP contribution in [0.3, 0.4) is 0 Å². The van der Waals surface area contributed by atoms with Crippen LogP contribution in [0.5, 0.6) is 0 Å². The molecule has 2 fully saturated rings. The Morgan fingerprint density at radius 1 is 0.765 bits per heavy atom. The predicted octanol–water partition coefficient (Wildman–Crippen LogP) is 8.16. The SMILES string of the molecule is CC(C)(C)OC(=O)N1CCCC[C@H]1c1ncc(-c2cnc(-c3ccc(-c4cnc(C5CCCN5COCOCc5ccccc5)[nH]4)cc3)nc2)[nH]1.[HH].[HH]. The summed E-state index contributed by atoms with van der Waals surface area (Å²) in [6.07, 6.45) is 11.9. The maximum absolute atomic E-state index is 12.9. The molecule has 5 heterocycles. The van der Waals surface area contributed by atoms with Crippen molar-refractivity contribution in [3.05, 3.63) is 96.6 Å². The number of carbonyl (C=O) groups is 1. The van der Waals surface area contributed by atoms with Crippen LogP contribution < -0.4 is 0 Å². The van der Waals surface area contributed by atoms with Crippen molar-refractivity contribution >= 4 is 6.09 Å². The highest BCUT2D eigenvalue weighted by Gasteiger charge is 2.33. The predicted molar refractivity (Wildman–Crippen MR) is 197 cm³/mol. The standard InChI is InChI=1S/C39H46N8O4.2H2/c1-39(2,3)51-38(48)47-19-8-7-12-34(47)37-43-23-32(45-37)30-20-40-35(41-21-30)29-16-14-28(15-17-29)31-22-42-36(44-31)33-13-9-18-46(33)25-50-26-49-24-27-10-5-4-6-11-27;;/h4-6,10-11,14-17,20-23,33-34H,7-9,12-13,18-19,24-26H2,1-3H3,(H,42,44)(H,43,45);2*1H/t33?,34-;;/m0../s1. The van der Waals surface area contributed by atoms with Crippen molar-refractivity contribution in [1.82, 2.24) is 39.7 Å². The number of nitrogens with one attached hydrogen (secondary N) is 2. The molecule has 270 valence electrons. The fourth-order valence-electron chi connectivity index (χ4n) is 6.71. The molecule has 2 N–H and O–H groups in total. The number of H-pyrrole nitrogens is 2. The molecule has 2 saturated heterocycles. The molecule has 12 heteroatoms. The van der Waals surface area contributed by atoms with Crippen LogP contribution in [-0.4, -0.2) is 78.0 Å². The lowest BCUT2D eigenvalue weighted by atomic mass is 10.0. The second-order valence-electron chi connectivity index (χ2n) is 14.2. The summed E-state index contributed by atoms with van der Waals surface area (Å²) < 4.78 is 17.2. The van der Waals surface area contributed by atoms with Crippen molar-refractivity contribution in [1.29, 1.82) is 0 Å². The number of imidazole rings is 2. The summed E-state index contributed by atoms with van der Waals surface area (Å²) in [7, 11) is 0. The zero-order valence-corrected chi connectivity index (χ0v) is 29.5. The number of rotatable bonds is 11. The fraction of sp³-hybridized carbons (Fsp3) is 0.410. The number of hydrogen-bond acceptors (Lipinski definition) is 9. The molecule has 1 amide bonds. The minimum atomic E-state index is -0.553. The average molecular weight is 695 g/mol. The van der Waals surface area contributed by atoms with E-state index in [9.17, 15) is 4.79 Å². The summed E-state index contributed by atoms with van der Waals surface area (Å²) >= 11 is 0. The lowest BCUT2D eigenvalue weighted by molar-refractivity contribution is -0.0987. The van der Waals surface area contributed by atoms with E-state index in [0.29, 0.717) is 25.7 Å². The Hall–Kier alpha value is -4.91. The van der Waals surface area contributed by atoms with Gasteiger partial charge in [0.15, 0.2) is 5.82 Å². The van der Waals surface area contributed by atoms with Crippen LogP contribution in [0.15, 0.2) is 79.4 Å². The Bertz CT molecular complexity index is 1880. The number of likely N-dealkylation sites (tertiary alicyclic amines) is 2. The Balaban J connectivity index is 0.00000271. The maximum atomic E-state index is 12.9. The Morgan fingerprint density at radius 2 is 1.43 bits per heavy atom. The molecule has 2 aromatic carbocycles. The van der Waals surface area contributed by atoms with Crippen molar-refractivity contribution in [2.24, 2.45) is 0 Å². The van der Waals surface area contributed by atoms with Gasteiger partial charge in [0.1, 0.15) is 30.8 Å². The number of amides is 1. The molecule has 2 aliphatic rings. The molecule has 0 radical (unpaired) electrons. The molecule has 0 bridgehead atoms. The van der Waals surface area contributed by atoms with Crippen LogP contribution >= 0.6 is 0 Å². The number of aromatic nitrogens is 6. The quantitative estimate of drug-likeness (QED) is 0.104. The molecule has 0 saturated carbocycles. The molecule has 2 atom stereocenters. The third-order valence-electron chi connectivity index (χ3n) is 9.27. The lowest BCUT2D eigenvalue weighted by Gasteiger charge is -2.35. The van der Waals surface area contributed by atoms with Gasteiger partial charge in [0.05, 0.1) is 42.5 Å². The largest absolute Gasteiger partial charge is 0.444 e. The second kappa shape index (κ2) is 15.5. The van der Waals surface area contributed by atoms with Gasteiger partial charge in [0.2, 0.25) is 0 Å². The summed E-state index contributed by atoms with van der Waals surface area (Å²) in [4.78, 5) is 42.7. The molecular formula is C39H50N8O4. The van der Waals surface area contributed by atoms with E-state index in [1.165, 1.54) is 0 Å². The molecule has 5 aromatic rings. The number of nitrogens with zero attached hydrogens (tertiary/aromatic N) is 6. The molecule has 2 aliphatic heterocycles. The molecule has 51 heavy (non-hydrogen) atoms. The van der Waals surface area contributed by atoms with E-state index in [0.717, 1.165) is 83.9 Å². The zero-order valence-electron chi connectivity index (χ0n) is 29.5. The minimum absolute atomic E-state index is 0. The van der Waals surface area contributed by atoms with Gasteiger partial charge in [-0.1, -0.05) is 54.6 Å². The Morgan fingerprint density at radius 3 is 2.16 bits per heavy atom. The molecule has 0 aliphatic carbocycles. The smallest absolute Gasteiger partial charge is 0.410 e. The summed E-state index contributed by atoms with van der Waals surface area (Å²) in [5.41, 5.74) is 5.13. The first-order valence-electron chi connectivity index (χ1n) is 17.8. The van der Waals surface area contributed by atoms with Gasteiger partial charge in [-0.25, -0.2) is 24.7 Å². The number of piperidine rings is 1. The Kier molecular flexibility index (Phi) is 10.5. The highest BCUT2D eigenvalue weighted by atomic mass is 16.7. The van der Waals surface area contributed by atoms with E-state index in [-0.39, 0.29) is 27.8 Å². The van der Waals surface area contributed by atoms with Crippen molar-refractivity contribution in [3.63, 3.8) is 0 Å². The molecule has 1 unspecified atom stereocenters. The summed E-state index contributed by atoms with van der Waals surface area (Å²) in [6, 6.07) is 18.3. The minimum Gasteiger partial charge on any atom is -0.444 e. The van der Waals surface area contributed by atoms with E-state index in [1.54, 1.807) is 23.5 Å². The topological polar surface area (TPSA) is 134 Å². The van der Waals surface area contributed by atoms with Gasteiger partial charge < -0.3 is 24.2 Å². The number of carbonyl (C=O) groups excluding carboxylic acids is 1. The highest BCUT2D eigenvalue weighted by molar-refractivity contribution is 5.69. The van der Waals surface area contributed by atoms with Crippen molar-refractivity contribution in [2.45, 2.75) is 77.2 Å². The van der Waals surface area contributed by atoms with Crippen LogP contribution in [0.1, 0.15) is 85.0 Å². The first kappa shape index (κ1) is 34.5. The monoisotopic (exact) mass is 694 g/mol. The summed E-state index contributed by atoms with van der Waals surface area (Å²) in [5, 5.41) is 0. The van der Waals surface area contributed by atoms with Crippen molar-refractivity contribution in [2.75, 3.05) is 26.6 Å². The summed E-state index contributed by atoms with van der Waals surface area (Å²) in [6.45, 7) is 8.54. The molecule has 12 nitrogen and oxygen atoms in total. The van der Waals surface area contributed by atoms with E-state index < -0.39 is 5.60 Å². The van der Waals surface area contributed by atoms with E-state index in [1.807, 2.05) is 69.4 Å². The van der Waals surface area contributed by atoms with Crippen LogP contribution in [0.4, 0.5) is 4.79 Å². The van der Waals surface area contributed by atoms with E-state index in [4.69, 9.17) is 19.2 Å². The number of ether oxygens (including phenoxy) is 3. The van der Waals surface area contributed by atoms with E-state index >= 15 is 0 Å². The van der Waals surface area contributed by atoms with Crippen molar-refractivity contribution in [3.8, 4) is 33.9 Å². The van der Waals surface area contributed by atoms with E-state index in [2.05, 4.69) is 42.0 Å². The third-order valence-corrected chi connectivity index (χ3v) is 9.27. The molecule has 0 spiro atoms. The van der Waals surface area contributed by atoms with Gasteiger partial charge in [-0.2, -0.15) is 0 Å². The third kappa shape index (κ3) is 8.53. The van der Waals surface area contributed by atoms with Gasteiger partial charge >= 0.3 is 6.09 Å². The normalized spacial score (nSPS) is 18.3. The van der Waals surface area contributed by atoms with Gasteiger partial charge in [-0.05, 0) is 64.0 Å². The molecule has 3 aromatic heterocycles. The van der Waals surface area contributed by atoms with Gasteiger partial charge in [0.25, 0.3) is 0 Å². The highest BCUT2D eigenvalue weighted by Crippen LogP contribution is 2.33. The fourth-order valence-corrected chi connectivity index (χ4v) is 6.71. The zero-order chi connectivity index (χ0) is 35.2. The molecule has 7 rings (SSSR count). The number of aromatic amines is 2. The van der Waals surface area contributed by atoms with Crippen LogP contribution in [-0.2, 0) is 20.8 Å². The van der Waals surface area contributed by atoms with Gasteiger partial charge in [0, 0.05) is 39.5 Å². The first-order valence-corrected chi connectivity index (χ1v) is 17.8. The second-order valence-corrected chi connectivity index (χ2v) is 14.2. The average Bonchev–Trinajstić information content (AvgIpc) is 3.93. The lowest BCUT2D eigenvalue weighted by Crippen LogP contribution is -2.42. The van der Waals surface area contributed by atoms with Crippen LogP contribution in [0.2, 0.25) is 0 Å². The number of hydrogen-bond donors (Lipinski definition) is 2. The van der Waals surface area contributed by atoms with Crippen LogP contribution in [0, 0.1) is 0 Å².